The van der Waals surface area contributed by atoms with E-state index in [1.165, 1.54) is 19.2 Å². The van der Waals surface area contributed by atoms with E-state index in [2.05, 4.69) is 5.32 Å². The summed E-state index contributed by atoms with van der Waals surface area (Å²) in [5.74, 6) is -1.26. The van der Waals surface area contributed by atoms with E-state index in [4.69, 9.17) is 9.47 Å². The van der Waals surface area contributed by atoms with Crippen LogP contribution in [0.15, 0.2) is 48.5 Å². The third kappa shape index (κ3) is 5.88. The molecule has 0 aliphatic heterocycles. The molecule has 0 bridgehead atoms. The summed E-state index contributed by atoms with van der Waals surface area (Å²) in [6.07, 6.45) is -0.116. The lowest BCUT2D eigenvalue weighted by Gasteiger charge is -2.13. The van der Waals surface area contributed by atoms with Gasteiger partial charge in [0.15, 0.2) is 18.2 Å². The fourth-order valence-electron chi connectivity index (χ4n) is 2.40. The van der Waals surface area contributed by atoms with Crippen molar-refractivity contribution in [3.8, 4) is 5.75 Å². The minimum atomic E-state index is -0.596. The van der Waals surface area contributed by atoms with E-state index in [9.17, 15) is 14.0 Å². The van der Waals surface area contributed by atoms with Crippen LogP contribution in [0.25, 0.3) is 0 Å². The van der Waals surface area contributed by atoms with Crippen LogP contribution in [0.3, 0.4) is 0 Å². The molecule has 2 rings (SSSR count). The number of benzene rings is 2. The van der Waals surface area contributed by atoms with Crippen molar-refractivity contribution in [3.63, 3.8) is 0 Å². The Morgan fingerprint density at radius 1 is 1.15 bits per heavy atom. The van der Waals surface area contributed by atoms with E-state index in [1.807, 2.05) is 37.3 Å². The first-order valence-electron chi connectivity index (χ1n) is 8.29. The number of rotatable bonds is 8. The molecule has 1 amide bonds. The van der Waals surface area contributed by atoms with Gasteiger partial charge in [0, 0.05) is 6.54 Å². The summed E-state index contributed by atoms with van der Waals surface area (Å²) in [6, 6.07) is 14.0. The highest BCUT2D eigenvalue weighted by atomic mass is 19.1. The number of amides is 1. The van der Waals surface area contributed by atoms with Gasteiger partial charge in [0.05, 0.1) is 13.5 Å². The molecular weight excluding hydrogens is 337 g/mol. The smallest absolute Gasteiger partial charge is 0.310 e. The largest absolute Gasteiger partial charge is 0.494 e. The molecule has 2 aromatic rings. The van der Waals surface area contributed by atoms with Crippen LogP contribution in [0.1, 0.15) is 24.0 Å². The SMILES string of the molecule is COc1ccc(CC(=O)OCC(=O)NC[C@@H](C)c2ccccc2)cc1F. The molecule has 0 saturated heterocycles. The van der Waals surface area contributed by atoms with Gasteiger partial charge in [-0.3, -0.25) is 9.59 Å². The van der Waals surface area contributed by atoms with Gasteiger partial charge in [0.2, 0.25) is 0 Å². The minimum Gasteiger partial charge on any atom is -0.494 e. The van der Waals surface area contributed by atoms with Crippen molar-refractivity contribution >= 4 is 11.9 Å². The van der Waals surface area contributed by atoms with Gasteiger partial charge in [0.25, 0.3) is 5.91 Å². The average Bonchev–Trinajstić information content (AvgIpc) is 2.65. The first-order chi connectivity index (χ1) is 12.5. The highest BCUT2D eigenvalue weighted by Crippen LogP contribution is 2.18. The van der Waals surface area contributed by atoms with E-state index in [1.54, 1.807) is 6.07 Å². The van der Waals surface area contributed by atoms with Crippen LogP contribution in [0.5, 0.6) is 5.75 Å². The van der Waals surface area contributed by atoms with Crippen LogP contribution in [0.4, 0.5) is 4.39 Å². The molecule has 0 heterocycles. The van der Waals surface area contributed by atoms with Crippen molar-refractivity contribution in [2.24, 2.45) is 0 Å². The fourth-order valence-corrected chi connectivity index (χ4v) is 2.40. The zero-order valence-electron chi connectivity index (χ0n) is 14.8. The lowest BCUT2D eigenvalue weighted by molar-refractivity contribution is -0.147. The molecule has 138 valence electrons. The van der Waals surface area contributed by atoms with Gasteiger partial charge >= 0.3 is 5.97 Å². The van der Waals surface area contributed by atoms with Gasteiger partial charge in [-0.25, -0.2) is 4.39 Å². The molecule has 0 spiro atoms. The number of esters is 1. The molecule has 5 nitrogen and oxygen atoms in total. The Morgan fingerprint density at radius 3 is 2.54 bits per heavy atom. The first kappa shape index (κ1) is 19.4. The summed E-state index contributed by atoms with van der Waals surface area (Å²) in [5.41, 5.74) is 1.57. The zero-order chi connectivity index (χ0) is 18.9. The molecule has 26 heavy (non-hydrogen) atoms. The summed E-state index contributed by atoms with van der Waals surface area (Å²) in [6.45, 7) is 2.09. The molecule has 1 atom stereocenters. The topological polar surface area (TPSA) is 64.6 Å². The second-order valence-corrected chi connectivity index (χ2v) is 5.92. The Hall–Kier alpha value is -2.89. The predicted octanol–water partition coefficient (Wildman–Crippen LogP) is 2.84. The maximum Gasteiger partial charge on any atom is 0.310 e. The Morgan fingerprint density at radius 2 is 1.88 bits per heavy atom. The van der Waals surface area contributed by atoms with E-state index in [-0.39, 0.29) is 30.6 Å². The van der Waals surface area contributed by atoms with Crippen molar-refractivity contribution < 1.29 is 23.5 Å². The molecule has 0 fully saturated rings. The zero-order valence-corrected chi connectivity index (χ0v) is 14.8. The van der Waals surface area contributed by atoms with Crippen molar-refractivity contribution in [1.82, 2.24) is 5.32 Å². The van der Waals surface area contributed by atoms with Crippen LogP contribution in [-0.4, -0.2) is 32.1 Å². The molecule has 0 aliphatic rings. The fraction of sp³-hybridized carbons (Fsp3) is 0.300. The van der Waals surface area contributed by atoms with Gasteiger partial charge in [-0.15, -0.1) is 0 Å². The quantitative estimate of drug-likeness (QED) is 0.736. The number of nitrogens with one attached hydrogen (secondary N) is 1. The monoisotopic (exact) mass is 359 g/mol. The Labute approximate surface area is 152 Å². The molecule has 1 N–H and O–H groups in total. The normalized spacial score (nSPS) is 11.5. The van der Waals surface area contributed by atoms with Crippen LogP contribution >= 0.6 is 0 Å². The van der Waals surface area contributed by atoms with Crippen molar-refractivity contribution in [2.45, 2.75) is 19.3 Å². The number of carbonyl (C=O) groups is 2. The van der Waals surface area contributed by atoms with E-state index in [0.29, 0.717) is 12.1 Å². The summed E-state index contributed by atoms with van der Waals surface area (Å²) in [7, 11) is 1.36. The average molecular weight is 359 g/mol. The number of hydrogen-bond donors (Lipinski definition) is 1. The van der Waals surface area contributed by atoms with Gasteiger partial charge in [-0.05, 0) is 29.2 Å². The van der Waals surface area contributed by atoms with Gasteiger partial charge < -0.3 is 14.8 Å². The third-order valence-electron chi connectivity index (χ3n) is 3.90. The number of halogens is 1. The molecule has 0 unspecified atom stereocenters. The summed E-state index contributed by atoms with van der Waals surface area (Å²) in [4.78, 5) is 23.6. The Kier molecular flexibility index (Phi) is 7.14. The molecule has 0 saturated carbocycles. The Bertz CT molecular complexity index is 749. The third-order valence-corrected chi connectivity index (χ3v) is 3.90. The number of hydrogen-bond acceptors (Lipinski definition) is 4. The van der Waals surface area contributed by atoms with E-state index < -0.39 is 11.8 Å². The van der Waals surface area contributed by atoms with Gasteiger partial charge in [-0.2, -0.15) is 0 Å². The lowest BCUT2D eigenvalue weighted by atomic mass is 10.0. The highest BCUT2D eigenvalue weighted by Gasteiger charge is 2.12. The number of ether oxygens (including phenoxy) is 2. The maximum atomic E-state index is 13.6. The molecule has 6 heteroatoms. The van der Waals surface area contributed by atoms with Crippen LogP contribution in [-0.2, 0) is 20.7 Å². The summed E-state index contributed by atoms with van der Waals surface area (Å²) >= 11 is 0. The molecule has 0 aliphatic carbocycles. The van der Waals surface area contributed by atoms with E-state index >= 15 is 0 Å². The van der Waals surface area contributed by atoms with Crippen LogP contribution < -0.4 is 10.1 Å². The summed E-state index contributed by atoms with van der Waals surface area (Å²) < 4.78 is 23.3. The number of carbonyl (C=O) groups excluding carboxylic acids is 2. The number of methoxy groups -OCH3 is 1. The van der Waals surface area contributed by atoms with Crippen LogP contribution in [0, 0.1) is 5.82 Å². The lowest BCUT2D eigenvalue weighted by Crippen LogP contribution is -2.31. The molecule has 2 aromatic carbocycles. The van der Waals surface area contributed by atoms with Gasteiger partial charge in [-0.1, -0.05) is 43.3 Å². The summed E-state index contributed by atoms with van der Waals surface area (Å²) in [5, 5.41) is 2.73. The van der Waals surface area contributed by atoms with Crippen molar-refractivity contribution in [2.75, 3.05) is 20.3 Å². The van der Waals surface area contributed by atoms with E-state index in [0.717, 1.165) is 5.56 Å². The second kappa shape index (κ2) is 9.56. The van der Waals surface area contributed by atoms with Crippen LogP contribution in [0.2, 0.25) is 0 Å². The standard InChI is InChI=1S/C20H22FNO4/c1-14(16-6-4-3-5-7-16)12-22-19(23)13-26-20(24)11-15-8-9-18(25-2)17(21)10-15/h3-10,14H,11-13H2,1-2H3,(H,22,23)/t14-/m1/s1. The van der Waals surface area contributed by atoms with Crippen molar-refractivity contribution in [3.05, 3.63) is 65.5 Å². The predicted molar refractivity (Wildman–Crippen MR) is 95.5 cm³/mol. The Balaban J connectivity index is 1.73. The first-order valence-corrected chi connectivity index (χ1v) is 8.29. The molecule has 0 aromatic heterocycles. The van der Waals surface area contributed by atoms with Gasteiger partial charge in [0.1, 0.15) is 0 Å². The van der Waals surface area contributed by atoms with Crippen molar-refractivity contribution in [1.29, 1.82) is 0 Å². The molecule has 0 radical (unpaired) electrons. The maximum absolute atomic E-state index is 13.6. The second-order valence-electron chi connectivity index (χ2n) is 5.92. The minimum absolute atomic E-state index is 0.106. The molecular formula is C20H22FNO4. The highest BCUT2D eigenvalue weighted by molar-refractivity contribution is 5.81.